The fourth-order valence-electron chi connectivity index (χ4n) is 0.988. The molecule has 0 saturated carbocycles. The third-order valence-electron chi connectivity index (χ3n) is 1.58. The minimum Gasteiger partial charge on any atom is -0.375 e. The summed E-state index contributed by atoms with van der Waals surface area (Å²) >= 11 is 4.50. The molecule has 0 aliphatic heterocycles. The Morgan fingerprint density at radius 1 is 1.50 bits per heavy atom. The Morgan fingerprint density at radius 2 is 2.12 bits per heavy atom. The average molecular weight is 259 g/mol. The molecule has 16 heavy (non-hydrogen) atoms. The molecular weight excluding hydrogens is 250 g/mol. The van der Waals surface area contributed by atoms with E-state index in [2.05, 4.69) is 22.7 Å². The zero-order valence-electron chi connectivity index (χ0n) is 7.99. The topological polar surface area (TPSA) is 105 Å². The average Bonchev–Trinajstić information content (AvgIpc) is 2.16. The number of thiocarbonyl (C=S) groups is 1. The molecule has 0 saturated heterocycles. The number of rotatable bonds is 3. The molecule has 0 unspecified atom stereocenters. The van der Waals surface area contributed by atoms with Crippen LogP contribution >= 0.6 is 12.2 Å². The van der Waals surface area contributed by atoms with Gasteiger partial charge in [-0.1, -0.05) is 18.2 Å². The van der Waals surface area contributed by atoms with Gasteiger partial charge in [-0.05, 0) is 18.3 Å². The van der Waals surface area contributed by atoms with Crippen molar-refractivity contribution in [1.29, 1.82) is 0 Å². The first kappa shape index (κ1) is 12.6. The molecule has 4 N–H and O–H groups in total. The summed E-state index contributed by atoms with van der Waals surface area (Å²) in [6, 6.07) is 5.84. The summed E-state index contributed by atoms with van der Waals surface area (Å²) in [6.07, 6.45) is 1.20. The minimum atomic E-state index is -4.27. The number of hydrogen-bond acceptors (Lipinski definition) is 4. The minimum absolute atomic E-state index is 0.0411. The summed E-state index contributed by atoms with van der Waals surface area (Å²) in [5.41, 5.74) is 7.62. The van der Waals surface area contributed by atoms with Gasteiger partial charge in [-0.15, -0.1) is 0 Å². The van der Waals surface area contributed by atoms with Gasteiger partial charge in [0, 0.05) is 5.56 Å². The molecule has 0 atom stereocenters. The highest BCUT2D eigenvalue weighted by molar-refractivity contribution is 7.86. The smallest absolute Gasteiger partial charge is 0.295 e. The van der Waals surface area contributed by atoms with Gasteiger partial charge in [0.2, 0.25) is 0 Å². The summed E-state index contributed by atoms with van der Waals surface area (Å²) in [6.45, 7) is 0. The molecule has 1 rings (SSSR count). The molecule has 0 aromatic heterocycles. The first-order chi connectivity index (χ1) is 7.41. The Hall–Kier alpha value is -1.51. The zero-order valence-corrected chi connectivity index (χ0v) is 9.62. The number of nitrogens with zero attached hydrogens (tertiary/aromatic N) is 1. The van der Waals surface area contributed by atoms with E-state index in [1.807, 2.05) is 0 Å². The van der Waals surface area contributed by atoms with Gasteiger partial charge in [-0.3, -0.25) is 9.98 Å². The van der Waals surface area contributed by atoms with E-state index in [0.717, 1.165) is 0 Å². The van der Waals surface area contributed by atoms with Crippen LogP contribution in [0.15, 0.2) is 34.3 Å². The highest BCUT2D eigenvalue weighted by Crippen LogP contribution is 2.12. The van der Waals surface area contributed by atoms with Crippen molar-refractivity contribution in [2.24, 2.45) is 10.8 Å². The van der Waals surface area contributed by atoms with Crippen LogP contribution in [0.4, 0.5) is 0 Å². The lowest BCUT2D eigenvalue weighted by Gasteiger charge is -2.01. The van der Waals surface area contributed by atoms with Crippen LogP contribution < -0.4 is 11.2 Å². The van der Waals surface area contributed by atoms with Gasteiger partial charge in [0.1, 0.15) is 4.90 Å². The molecule has 0 spiro atoms. The van der Waals surface area contributed by atoms with Crippen LogP contribution in [0.5, 0.6) is 0 Å². The number of nitrogens with one attached hydrogen (secondary N) is 1. The summed E-state index contributed by atoms with van der Waals surface area (Å²) in [5, 5.41) is 3.56. The normalized spacial score (nSPS) is 11.6. The lowest BCUT2D eigenvalue weighted by atomic mass is 10.2. The van der Waals surface area contributed by atoms with E-state index in [-0.39, 0.29) is 15.6 Å². The Morgan fingerprint density at radius 3 is 2.69 bits per heavy atom. The number of benzene rings is 1. The van der Waals surface area contributed by atoms with Crippen LogP contribution in [-0.2, 0) is 10.1 Å². The maximum Gasteiger partial charge on any atom is 0.295 e. The lowest BCUT2D eigenvalue weighted by molar-refractivity contribution is 0.483. The quantitative estimate of drug-likeness (QED) is 0.308. The van der Waals surface area contributed by atoms with Gasteiger partial charge in [0.05, 0.1) is 6.21 Å². The second-order valence-corrected chi connectivity index (χ2v) is 4.58. The van der Waals surface area contributed by atoms with Crippen molar-refractivity contribution in [3.63, 3.8) is 0 Å². The van der Waals surface area contributed by atoms with E-state index in [1.165, 1.54) is 24.4 Å². The Bertz CT molecular complexity index is 525. The van der Waals surface area contributed by atoms with E-state index in [9.17, 15) is 8.42 Å². The molecule has 0 amide bonds. The van der Waals surface area contributed by atoms with Crippen molar-refractivity contribution in [3.05, 3.63) is 29.8 Å². The van der Waals surface area contributed by atoms with Crippen molar-refractivity contribution >= 4 is 33.7 Å². The SMILES string of the molecule is NC(=S)N/N=C\c1ccccc1S(=O)(=O)O. The van der Waals surface area contributed by atoms with Crippen molar-refractivity contribution in [2.45, 2.75) is 4.90 Å². The molecule has 6 nitrogen and oxygen atoms in total. The third-order valence-corrected chi connectivity index (χ3v) is 2.59. The van der Waals surface area contributed by atoms with E-state index < -0.39 is 10.1 Å². The van der Waals surface area contributed by atoms with E-state index in [0.29, 0.717) is 0 Å². The summed E-state index contributed by atoms with van der Waals surface area (Å²) < 4.78 is 30.9. The summed E-state index contributed by atoms with van der Waals surface area (Å²) in [5.74, 6) is 0. The zero-order chi connectivity index (χ0) is 12.2. The van der Waals surface area contributed by atoms with Gasteiger partial charge >= 0.3 is 0 Å². The fourth-order valence-corrected chi connectivity index (χ4v) is 1.71. The van der Waals surface area contributed by atoms with Gasteiger partial charge in [0.25, 0.3) is 10.1 Å². The van der Waals surface area contributed by atoms with Crippen LogP contribution in [-0.4, -0.2) is 24.3 Å². The van der Waals surface area contributed by atoms with Crippen molar-refractivity contribution in [2.75, 3.05) is 0 Å². The molecule has 0 bridgehead atoms. The number of hydrazone groups is 1. The lowest BCUT2D eigenvalue weighted by Crippen LogP contribution is -2.24. The summed E-state index contributed by atoms with van der Waals surface area (Å²) in [7, 11) is -4.27. The molecule has 1 aromatic carbocycles. The monoisotopic (exact) mass is 259 g/mol. The number of hydrogen-bond donors (Lipinski definition) is 3. The number of nitrogens with two attached hydrogens (primary N) is 1. The first-order valence-corrected chi connectivity index (χ1v) is 5.91. The molecule has 8 heteroatoms. The molecule has 0 radical (unpaired) electrons. The third kappa shape index (κ3) is 3.57. The van der Waals surface area contributed by atoms with Crippen LogP contribution in [0, 0.1) is 0 Å². The maximum absolute atomic E-state index is 11.0. The fraction of sp³-hybridized carbons (Fsp3) is 0. The van der Waals surface area contributed by atoms with Crippen LogP contribution in [0.3, 0.4) is 0 Å². The van der Waals surface area contributed by atoms with Gasteiger partial charge in [0.15, 0.2) is 5.11 Å². The first-order valence-electron chi connectivity index (χ1n) is 4.06. The Balaban J connectivity index is 3.06. The second-order valence-electron chi connectivity index (χ2n) is 2.75. The van der Waals surface area contributed by atoms with Crippen molar-refractivity contribution in [3.8, 4) is 0 Å². The predicted molar refractivity (Wildman–Crippen MR) is 63.8 cm³/mol. The van der Waals surface area contributed by atoms with E-state index in [4.69, 9.17) is 10.3 Å². The maximum atomic E-state index is 11.0. The van der Waals surface area contributed by atoms with Gasteiger partial charge in [-0.2, -0.15) is 13.5 Å². The molecule has 0 heterocycles. The van der Waals surface area contributed by atoms with Crippen LogP contribution in [0.1, 0.15) is 5.56 Å². The molecular formula is C8H9N3O3S2. The summed E-state index contributed by atoms with van der Waals surface area (Å²) in [4.78, 5) is -0.233. The van der Waals surface area contributed by atoms with Crippen molar-refractivity contribution in [1.82, 2.24) is 5.43 Å². The molecule has 0 aliphatic rings. The van der Waals surface area contributed by atoms with Gasteiger partial charge < -0.3 is 5.73 Å². The van der Waals surface area contributed by atoms with E-state index in [1.54, 1.807) is 6.07 Å². The Kier molecular flexibility index (Phi) is 3.93. The second kappa shape index (κ2) is 5.01. The van der Waals surface area contributed by atoms with E-state index >= 15 is 0 Å². The molecule has 0 fully saturated rings. The highest BCUT2D eigenvalue weighted by Gasteiger charge is 2.12. The molecule has 0 aliphatic carbocycles. The van der Waals surface area contributed by atoms with Gasteiger partial charge in [-0.25, -0.2) is 0 Å². The predicted octanol–water partition coefficient (Wildman–Crippen LogP) is 0.100. The highest BCUT2D eigenvalue weighted by atomic mass is 32.2. The van der Waals surface area contributed by atoms with Crippen molar-refractivity contribution < 1.29 is 13.0 Å². The largest absolute Gasteiger partial charge is 0.375 e. The standard InChI is InChI=1S/C8H9N3O3S2/c9-8(15)11-10-5-6-3-1-2-4-7(6)16(12,13)14/h1-5H,(H3,9,11,15)(H,12,13,14)/b10-5-. The van der Waals surface area contributed by atoms with Crippen LogP contribution in [0.2, 0.25) is 0 Å². The molecule has 86 valence electrons. The Labute approximate surface area is 97.9 Å². The van der Waals surface area contributed by atoms with Crippen LogP contribution in [0.25, 0.3) is 0 Å². The molecule has 1 aromatic rings.